The minimum absolute atomic E-state index is 0.321. The fourth-order valence-electron chi connectivity index (χ4n) is 3.97. The van der Waals surface area contributed by atoms with Crippen LogP contribution in [0.1, 0.15) is 45.1 Å². The third-order valence-electron chi connectivity index (χ3n) is 5.77. The van der Waals surface area contributed by atoms with Crippen molar-refractivity contribution in [1.82, 2.24) is 0 Å². The predicted octanol–water partition coefficient (Wildman–Crippen LogP) is 6.89. The van der Waals surface area contributed by atoms with Gasteiger partial charge in [-0.15, -0.1) is 0 Å². The molecular weight excluding hydrogens is 449 g/mol. The zero-order valence-electron chi connectivity index (χ0n) is 18.5. The van der Waals surface area contributed by atoms with Crippen LogP contribution in [-0.2, 0) is 14.5 Å². The van der Waals surface area contributed by atoms with Gasteiger partial charge in [-0.1, -0.05) is 41.9 Å². The zero-order chi connectivity index (χ0) is 22.8. The third kappa shape index (κ3) is 5.77. The predicted molar refractivity (Wildman–Crippen MR) is 128 cm³/mol. The van der Waals surface area contributed by atoms with Crippen molar-refractivity contribution in [2.24, 2.45) is 0 Å². The molecule has 4 rings (SSSR count). The molecule has 1 heterocycles. The summed E-state index contributed by atoms with van der Waals surface area (Å²) in [6, 6.07) is 13.2. The molecule has 2 aromatic rings. The molecule has 1 atom stereocenters. The van der Waals surface area contributed by atoms with Crippen LogP contribution in [0.25, 0.3) is 5.57 Å². The van der Waals surface area contributed by atoms with Crippen molar-refractivity contribution in [3.63, 3.8) is 0 Å². The molecule has 1 N–H and O–H groups in total. The van der Waals surface area contributed by atoms with Gasteiger partial charge < -0.3 is 14.8 Å². The Morgan fingerprint density at radius 1 is 1.12 bits per heavy atom. The molecule has 5 nitrogen and oxygen atoms in total. The minimum atomic E-state index is -0.551. The molecule has 0 aromatic heterocycles. The monoisotopic (exact) mass is 477 g/mol. The van der Waals surface area contributed by atoms with Crippen LogP contribution < -0.4 is 10.1 Å². The van der Waals surface area contributed by atoms with Crippen LogP contribution in [0.2, 0.25) is 10.0 Å². The summed E-state index contributed by atoms with van der Waals surface area (Å²) < 4.78 is 12.2. The van der Waals surface area contributed by atoms with Crippen molar-refractivity contribution >= 4 is 34.5 Å². The van der Waals surface area contributed by atoms with E-state index in [0.29, 0.717) is 23.2 Å². The molecule has 0 amide bonds. The summed E-state index contributed by atoms with van der Waals surface area (Å²) in [6.45, 7) is 9.24. The van der Waals surface area contributed by atoms with Gasteiger partial charge in [0.15, 0.2) is 0 Å². The van der Waals surface area contributed by atoms with Crippen LogP contribution in [0.15, 0.2) is 49.0 Å². The maximum atomic E-state index is 6.19. The summed E-state index contributed by atoms with van der Waals surface area (Å²) in [7, 11) is 0. The summed E-state index contributed by atoms with van der Waals surface area (Å²) >= 11 is 12.1. The van der Waals surface area contributed by atoms with Crippen LogP contribution >= 0.6 is 23.2 Å². The fourth-order valence-corrected chi connectivity index (χ4v) is 4.50. The van der Waals surface area contributed by atoms with Gasteiger partial charge in [-0.3, -0.25) is 0 Å². The van der Waals surface area contributed by atoms with Crippen LogP contribution in [0, 0.1) is 0 Å². The average molecular weight is 478 g/mol. The van der Waals surface area contributed by atoms with Crippen molar-refractivity contribution in [2.45, 2.75) is 57.0 Å². The third-order valence-corrected chi connectivity index (χ3v) is 6.20. The van der Waals surface area contributed by atoms with Crippen molar-refractivity contribution in [2.75, 3.05) is 18.5 Å². The van der Waals surface area contributed by atoms with Crippen molar-refractivity contribution < 1.29 is 19.2 Å². The second kappa shape index (κ2) is 9.62. The quantitative estimate of drug-likeness (QED) is 0.439. The highest BCUT2D eigenvalue weighted by Crippen LogP contribution is 2.39. The van der Waals surface area contributed by atoms with Crippen LogP contribution in [-0.4, -0.2) is 30.6 Å². The molecule has 1 saturated heterocycles. The number of benzene rings is 2. The number of nitrogens with one attached hydrogen (secondary N) is 1. The Morgan fingerprint density at radius 2 is 1.78 bits per heavy atom. The average Bonchev–Trinajstić information content (AvgIpc) is 3.20. The lowest BCUT2D eigenvalue weighted by atomic mass is 10.0. The van der Waals surface area contributed by atoms with E-state index in [1.54, 1.807) is 6.07 Å². The van der Waals surface area contributed by atoms with Gasteiger partial charge in [0.2, 0.25) is 5.79 Å². The molecule has 1 aliphatic carbocycles. The molecule has 1 saturated carbocycles. The van der Waals surface area contributed by atoms with Gasteiger partial charge in [0.05, 0.1) is 13.2 Å². The smallest absolute Gasteiger partial charge is 0.201 e. The van der Waals surface area contributed by atoms with E-state index in [-0.39, 0.29) is 6.10 Å². The molecule has 7 heteroatoms. The van der Waals surface area contributed by atoms with E-state index < -0.39 is 11.4 Å². The number of anilines is 1. The normalized spacial score (nSPS) is 20.3. The summed E-state index contributed by atoms with van der Waals surface area (Å²) in [5.41, 5.74) is 2.17. The molecule has 1 spiro atoms. The van der Waals surface area contributed by atoms with Crippen LogP contribution in [0.5, 0.6) is 5.75 Å². The Morgan fingerprint density at radius 3 is 2.38 bits per heavy atom. The second-order valence-corrected chi connectivity index (χ2v) is 9.89. The first-order valence-electron chi connectivity index (χ1n) is 10.9. The SMILES string of the molecule is C=C(c1ccc(OC(C)(C)CNc2cc(Cl)cc(Cl)c2)cc1)C1COC2(CCCC2)OO1. The molecule has 32 heavy (non-hydrogen) atoms. The Bertz CT molecular complexity index is 925. The topological polar surface area (TPSA) is 49.0 Å². The summed E-state index contributed by atoms with van der Waals surface area (Å²) in [5, 5.41) is 4.50. The number of hydrogen-bond acceptors (Lipinski definition) is 5. The first-order chi connectivity index (χ1) is 15.2. The molecule has 1 unspecified atom stereocenters. The molecule has 2 aromatic carbocycles. The summed E-state index contributed by atoms with van der Waals surface area (Å²) in [5.74, 6) is 0.212. The molecular formula is C25H29Cl2NO4. The Labute approximate surface area is 199 Å². The van der Waals surface area contributed by atoms with Gasteiger partial charge in [0.25, 0.3) is 0 Å². The Balaban J connectivity index is 1.31. The molecule has 2 fully saturated rings. The van der Waals surface area contributed by atoms with E-state index >= 15 is 0 Å². The Kier molecular flexibility index (Phi) is 7.03. The number of ether oxygens (including phenoxy) is 2. The van der Waals surface area contributed by atoms with E-state index in [9.17, 15) is 0 Å². The van der Waals surface area contributed by atoms with Gasteiger partial charge in [-0.2, -0.15) is 0 Å². The minimum Gasteiger partial charge on any atom is -0.486 e. The highest BCUT2D eigenvalue weighted by atomic mass is 35.5. The van der Waals surface area contributed by atoms with Crippen molar-refractivity contribution in [3.8, 4) is 5.75 Å². The largest absolute Gasteiger partial charge is 0.486 e. The standard InChI is InChI=1S/C25H29Cl2NO4/c1-17(23-15-29-25(32-31-23)10-4-5-11-25)18-6-8-22(9-7-18)30-24(2,3)16-28-21-13-19(26)12-20(27)14-21/h6-9,12-14,23,28H,1,4-5,10-11,15-16H2,2-3H3. The lowest BCUT2D eigenvalue weighted by molar-refractivity contribution is -0.475. The van der Waals surface area contributed by atoms with Gasteiger partial charge >= 0.3 is 0 Å². The second-order valence-electron chi connectivity index (χ2n) is 9.02. The molecule has 0 bridgehead atoms. The molecule has 1 aliphatic heterocycles. The maximum absolute atomic E-state index is 6.19. The van der Waals surface area contributed by atoms with Crippen LogP contribution in [0.3, 0.4) is 0 Å². The highest BCUT2D eigenvalue weighted by Gasteiger charge is 2.42. The summed E-state index contributed by atoms with van der Waals surface area (Å²) in [6.07, 6.45) is 3.66. The van der Waals surface area contributed by atoms with E-state index in [2.05, 4.69) is 11.9 Å². The lowest BCUT2D eigenvalue weighted by Crippen LogP contribution is -2.43. The van der Waals surface area contributed by atoms with Gasteiger partial charge in [0.1, 0.15) is 17.5 Å². The van der Waals surface area contributed by atoms with E-state index in [1.807, 2.05) is 50.2 Å². The first-order valence-corrected chi connectivity index (χ1v) is 11.7. The number of rotatable bonds is 7. The molecule has 0 radical (unpaired) electrons. The number of hydrogen-bond donors (Lipinski definition) is 1. The maximum Gasteiger partial charge on any atom is 0.201 e. The van der Waals surface area contributed by atoms with E-state index in [1.165, 1.54) is 0 Å². The van der Waals surface area contributed by atoms with E-state index in [0.717, 1.165) is 48.3 Å². The summed E-state index contributed by atoms with van der Waals surface area (Å²) in [4.78, 5) is 11.3. The highest BCUT2D eigenvalue weighted by molar-refractivity contribution is 6.35. The van der Waals surface area contributed by atoms with Gasteiger partial charge in [0, 0.05) is 28.6 Å². The first kappa shape index (κ1) is 23.4. The lowest BCUT2D eigenvalue weighted by Gasteiger charge is -2.36. The van der Waals surface area contributed by atoms with Gasteiger partial charge in [-0.05, 0) is 68.2 Å². The van der Waals surface area contributed by atoms with Crippen molar-refractivity contribution in [3.05, 3.63) is 64.7 Å². The Hall–Kier alpha value is -1.76. The molecule has 2 aliphatic rings. The van der Waals surface area contributed by atoms with E-state index in [4.69, 9.17) is 42.5 Å². The fraction of sp³-hybridized carbons (Fsp3) is 0.440. The van der Waals surface area contributed by atoms with Gasteiger partial charge in [-0.25, -0.2) is 9.78 Å². The number of halogens is 2. The van der Waals surface area contributed by atoms with Crippen molar-refractivity contribution in [1.29, 1.82) is 0 Å². The zero-order valence-corrected chi connectivity index (χ0v) is 20.0. The molecule has 172 valence electrons. The van der Waals surface area contributed by atoms with Crippen LogP contribution in [0.4, 0.5) is 5.69 Å².